The smallest absolute Gasteiger partial charge is 0.368 e. The van der Waals surface area contributed by atoms with Gasteiger partial charge in [-0.1, -0.05) is 54.6 Å². The van der Waals surface area contributed by atoms with E-state index in [-0.39, 0.29) is 5.78 Å². The Kier molecular flexibility index (Phi) is 5.18. The highest BCUT2D eigenvalue weighted by Gasteiger charge is 2.29. The zero-order valence-corrected chi connectivity index (χ0v) is 18.7. The predicted octanol–water partition coefficient (Wildman–Crippen LogP) is 4.83. The van der Waals surface area contributed by atoms with Gasteiger partial charge in [0.2, 0.25) is 5.78 Å². The summed E-state index contributed by atoms with van der Waals surface area (Å²) in [4.78, 5) is 17.2. The van der Waals surface area contributed by atoms with Crippen LogP contribution in [0.25, 0.3) is 34.1 Å². The van der Waals surface area contributed by atoms with E-state index in [9.17, 15) is 4.79 Å². The number of hydrogen-bond acceptors (Lipinski definition) is 3. The number of carbonyl (C=O) groups excluding carboxylic acids is 1. The van der Waals surface area contributed by atoms with E-state index < -0.39 is 0 Å². The molecular weight excluding hydrogens is 414 g/mol. The highest BCUT2D eigenvalue weighted by Crippen LogP contribution is 2.32. The van der Waals surface area contributed by atoms with Gasteiger partial charge in [0.1, 0.15) is 16.7 Å². The van der Waals surface area contributed by atoms with Crippen LogP contribution in [0.5, 0.6) is 11.5 Å². The minimum atomic E-state index is -0.119. The molecule has 2 aromatic heterocycles. The van der Waals surface area contributed by atoms with Crippen LogP contribution in [-0.2, 0) is 7.05 Å². The van der Waals surface area contributed by atoms with Crippen molar-refractivity contribution in [3.63, 3.8) is 0 Å². The largest absolute Gasteiger partial charge is 0.493 e. The Morgan fingerprint density at radius 1 is 0.939 bits per heavy atom. The number of nitrogens with one attached hydrogen (secondary N) is 1. The van der Waals surface area contributed by atoms with Gasteiger partial charge in [0, 0.05) is 11.1 Å². The average molecular weight is 439 g/mol. The molecule has 5 aromatic rings. The van der Waals surface area contributed by atoms with Crippen molar-refractivity contribution in [3.05, 3.63) is 90.1 Å². The first-order chi connectivity index (χ1) is 16.1. The summed E-state index contributed by atoms with van der Waals surface area (Å²) in [6.45, 7) is 0. The number of rotatable bonds is 6. The molecule has 0 saturated heterocycles. The lowest BCUT2D eigenvalue weighted by molar-refractivity contribution is -0.620. The lowest BCUT2D eigenvalue weighted by Crippen LogP contribution is -2.27. The highest BCUT2D eigenvalue weighted by molar-refractivity contribution is 6.10. The van der Waals surface area contributed by atoms with Crippen LogP contribution in [0.15, 0.2) is 78.9 Å². The van der Waals surface area contributed by atoms with E-state index in [1.54, 1.807) is 26.4 Å². The monoisotopic (exact) mass is 438 g/mol. The second kappa shape index (κ2) is 8.31. The molecule has 0 aliphatic rings. The van der Waals surface area contributed by atoms with Crippen molar-refractivity contribution in [3.8, 4) is 22.8 Å². The molecule has 6 nitrogen and oxygen atoms in total. The fourth-order valence-electron chi connectivity index (χ4n) is 4.30. The van der Waals surface area contributed by atoms with Crippen molar-refractivity contribution in [2.24, 2.45) is 7.05 Å². The standard InChI is InChI=1S/C27H23N3O3/c1-29-20-13-7-8-14-21(20)30-25(24(28-27(29)30)18-10-5-4-6-11-18)22(31)17-16-19-12-9-15-23(32-2)26(19)33-3/h4-17H,1-3H3/p+1/b17-16+. The van der Waals surface area contributed by atoms with Crippen molar-refractivity contribution in [1.82, 2.24) is 9.38 Å². The fourth-order valence-corrected chi connectivity index (χ4v) is 4.30. The van der Waals surface area contributed by atoms with E-state index in [0.717, 1.165) is 33.6 Å². The van der Waals surface area contributed by atoms with Gasteiger partial charge in [-0.2, -0.15) is 4.40 Å². The third kappa shape index (κ3) is 3.36. The topological polar surface area (TPSA) is 59.6 Å². The van der Waals surface area contributed by atoms with Gasteiger partial charge in [0.05, 0.1) is 21.3 Å². The minimum absolute atomic E-state index is 0.119. The minimum Gasteiger partial charge on any atom is -0.493 e. The number of hydrogen-bond donors (Lipinski definition) is 1. The lowest BCUT2D eigenvalue weighted by atomic mass is 10.1. The maximum absolute atomic E-state index is 13.7. The van der Waals surface area contributed by atoms with Crippen LogP contribution >= 0.6 is 0 Å². The number of benzene rings is 3. The maximum Gasteiger partial charge on any atom is 0.368 e. The Morgan fingerprint density at radius 2 is 1.70 bits per heavy atom. The number of ketones is 1. The van der Waals surface area contributed by atoms with Crippen LogP contribution in [0.2, 0.25) is 0 Å². The van der Waals surface area contributed by atoms with Crippen LogP contribution in [0.4, 0.5) is 0 Å². The van der Waals surface area contributed by atoms with E-state index in [0.29, 0.717) is 17.2 Å². The zero-order chi connectivity index (χ0) is 22.9. The van der Waals surface area contributed by atoms with Crippen molar-refractivity contribution in [2.75, 3.05) is 14.2 Å². The molecule has 0 unspecified atom stereocenters. The molecule has 33 heavy (non-hydrogen) atoms. The van der Waals surface area contributed by atoms with E-state index in [1.807, 2.05) is 84.2 Å². The average Bonchev–Trinajstić information content (AvgIpc) is 3.39. The number of H-pyrrole nitrogens is 1. The Bertz CT molecular complexity index is 1510. The number of aromatic amines is 1. The van der Waals surface area contributed by atoms with E-state index in [2.05, 4.69) is 9.55 Å². The molecule has 1 N–H and O–H groups in total. The summed E-state index contributed by atoms with van der Waals surface area (Å²) in [6.07, 6.45) is 3.35. The lowest BCUT2D eigenvalue weighted by Gasteiger charge is -2.09. The highest BCUT2D eigenvalue weighted by atomic mass is 16.5. The van der Waals surface area contributed by atoms with Crippen molar-refractivity contribution in [2.45, 2.75) is 0 Å². The number of aromatic nitrogens is 3. The number of methoxy groups -OCH3 is 2. The summed E-state index contributed by atoms with van der Waals surface area (Å²) in [5.74, 6) is 1.92. The van der Waals surface area contributed by atoms with E-state index in [4.69, 9.17) is 9.47 Å². The molecule has 2 heterocycles. The van der Waals surface area contributed by atoms with Crippen LogP contribution in [0.3, 0.4) is 0 Å². The molecule has 0 bridgehead atoms. The maximum atomic E-state index is 13.7. The molecule has 0 aliphatic heterocycles. The number of nitrogens with zero attached hydrogens (tertiary/aromatic N) is 2. The van der Waals surface area contributed by atoms with Crippen molar-refractivity contribution in [1.29, 1.82) is 0 Å². The van der Waals surface area contributed by atoms with Gasteiger partial charge in [-0.3, -0.25) is 4.79 Å². The number of allylic oxidation sites excluding steroid dienone is 1. The van der Waals surface area contributed by atoms with E-state index in [1.165, 1.54) is 0 Å². The fraction of sp³-hybridized carbons (Fsp3) is 0.111. The molecule has 0 fully saturated rings. The Hall–Kier alpha value is -4.32. The third-order valence-electron chi connectivity index (χ3n) is 5.85. The molecular formula is C27H24N3O3+. The summed E-state index contributed by atoms with van der Waals surface area (Å²) in [5.41, 5.74) is 5.06. The van der Waals surface area contributed by atoms with E-state index >= 15 is 0 Å². The van der Waals surface area contributed by atoms with Crippen molar-refractivity contribution >= 4 is 28.7 Å². The SMILES string of the molecule is COc1cccc(/C=C/C(=O)c2c(-c3ccccc3)[nH]c3n2c2ccccc2[n+]3C)c1OC. The van der Waals surface area contributed by atoms with Crippen LogP contribution in [0, 0.1) is 0 Å². The molecule has 6 heteroatoms. The molecule has 0 aliphatic carbocycles. The van der Waals surface area contributed by atoms with Gasteiger partial charge in [-0.05, 0) is 30.4 Å². The molecule has 0 atom stereocenters. The molecule has 0 radical (unpaired) electrons. The Morgan fingerprint density at radius 3 is 2.45 bits per heavy atom. The van der Waals surface area contributed by atoms with Gasteiger partial charge in [0.25, 0.3) is 0 Å². The number of carbonyl (C=O) groups is 1. The first kappa shape index (κ1) is 20.6. The molecule has 5 rings (SSSR count). The molecule has 0 spiro atoms. The van der Waals surface area contributed by atoms with Gasteiger partial charge >= 0.3 is 5.78 Å². The summed E-state index contributed by atoms with van der Waals surface area (Å²) in [6, 6.07) is 23.5. The summed E-state index contributed by atoms with van der Waals surface area (Å²) in [5, 5.41) is 0. The van der Waals surface area contributed by atoms with Crippen molar-refractivity contribution < 1.29 is 18.8 Å². The molecule has 0 amide bonds. The second-order valence-corrected chi connectivity index (χ2v) is 7.70. The number of fused-ring (bicyclic) bond motifs is 3. The number of aryl methyl sites for hydroxylation is 1. The summed E-state index contributed by atoms with van der Waals surface area (Å²) >= 11 is 0. The van der Waals surface area contributed by atoms with Gasteiger partial charge < -0.3 is 9.47 Å². The normalized spacial score (nSPS) is 11.5. The zero-order valence-electron chi connectivity index (χ0n) is 18.7. The van der Waals surface area contributed by atoms with Crippen LogP contribution in [0.1, 0.15) is 16.1 Å². The van der Waals surface area contributed by atoms with Gasteiger partial charge in [-0.15, -0.1) is 0 Å². The first-order valence-corrected chi connectivity index (χ1v) is 10.6. The van der Waals surface area contributed by atoms with Gasteiger partial charge in [-0.25, -0.2) is 9.55 Å². The van der Waals surface area contributed by atoms with Gasteiger partial charge in [0.15, 0.2) is 17.2 Å². The van der Waals surface area contributed by atoms with Crippen LogP contribution < -0.4 is 14.0 Å². The number of ether oxygens (including phenoxy) is 2. The quantitative estimate of drug-likeness (QED) is 0.235. The summed E-state index contributed by atoms with van der Waals surface area (Å²) in [7, 11) is 5.18. The first-order valence-electron chi connectivity index (χ1n) is 10.6. The third-order valence-corrected chi connectivity index (χ3v) is 5.85. The van der Waals surface area contributed by atoms with Crippen LogP contribution in [-0.4, -0.2) is 29.4 Å². The molecule has 3 aromatic carbocycles. The second-order valence-electron chi connectivity index (χ2n) is 7.70. The Labute approximate surface area is 191 Å². The molecule has 164 valence electrons. The molecule has 0 saturated carbocycles. The summed E-state index contributed by atoms with van der Waals surface area (Å²) < 4.78 is 15.0. The Balaban J connectivity index is 1.71. The number of para-hydroxylation sites is 3. The number of imidazole rings is 2. The predicted molar refractivity (Wildman–Crippen MR) is 129 cm³/mol.